The summed E-state index contributed by atoms with van der Waals surface area (Å²) in [7, 11) is 0. The van der Waals surface area contributed by atoms with Crippen molar-refractivity contribution >= 4 is 17.2 Å². The van der Waals surface area contributed by atoms with E-state index in [1.807, 2.05) is 19.1 Å². The van der Waals surface area contributed by atoms with Gasteiger partial charge in [-0.25, -0.2) is 4.98 Å². The van der Waals surface area contributed by atoms with Crippen LogP contribution in [0.5, 0.6) is 0 Å². The molecule has 0 radical (unpaired) electrons. The monoisotopic (exact) mass is 218 g/mol. The van der Waals surface area contributed by atoms with Gasteiger partial charge in [-0.3, -0.25) is 4.79 Å². The first-order valence-corrected chi connectivity index (χ1v) is 5.12. The molecule has 16 heavy (non-hydrogen) atoms. The van der Waals surface area contributed by atoms with Crippen LogP contribution >= 0.6 is 0 Å². The summed E-state index contributed by atoms with van der Waals surface area (Å²) in [5.74, 6) is -0.696. The number of oxazole rings is 1. The van der Waals surface area contributed by atoms with E-state index < -0.39 is 5.97 Å². The van der Waals surface area contributed by atoms with Gasteiger partial charge in [-0.2, -0.15) is 4.98 Å². The first-order chi connectivity index (χ1) is 7.65. The fourth-order valence-electron chi connectivity index (χ4n) is 1.83. The van der Waals surface area contributed by atoms with Gasteiger partial charge >= 0.3 is 5.97 Å². The Kier molecular flexibility index (Phi) is 1.77. The normalized spacial score (nSPS) is 23.6. The zero-order chi connectivity index (χ0) is 11.3. The lowest BCUT2D eigenvalue weighted by Gasteiger charge is -1.87. The lowest BCUT2D eigenvalue weighted by molar-refractivity contribution is -0.138. The van der Waals surface area contributed by atoms with Crippen molar-refractivity contribution in [2.24, 2.45) is 5.92 Å². The molecule has 2 unspecified atom stereocenters. The number of aliphatic carboxylic acids is 1. The van der Waals surface area contributed by atoms with Gasteiger partial charge in [0.25, 0.3) is 0 Å². The van der Waals surface area contributed by atoms with Crippen LogP contribution in [0.1, 0.15) is 23.9 Å². The molecule has 1 aliphatic rings. The minimum absolute atomic E-state index is 0.0768. The lowest BCUT2D eigenvalue weighted by Crippen LogP contribution is -1.98. The first-order valence-electron chi connectivity index (χ1n) is 5.12. The van der Waals surface area contributed by atoms with Crippen molar-refractivity contribution in [2.75, 3.05) is 0 Å². The Morgan fingerprint density at radius 1 is 1.50 bits per heavy atom. The topological polar surface area (TPSA) is 76.2 Å². The van der Waals surface area contributed by atoms with E-state index in [2.05, 4.69) is 9.97 Å². The Hall–Kier alpha value is -1.91. The second kappa shape index (κ2) is 3.04. The van der Waals surface area contributed by atoms with Crippen LogP contribution in [-0.4, -0.2) is 21.0 Å². The quantitative estimate of drug-likeness (QED) is 0.830. The molecule has 5 heteroatoms. The van der Waals surface area contributed by atoms with Gasteiger partial charge in [-0.05, 0) is 25.5 Å². The summed E-state index contributed by atoms with van der Waals surface area (Å²) in [6, 6.07) is 3.66. The molecule has 5 nitrogen and oxygen atoms in total. The third-order valence-electron chi connectivity index (χ3n) is 2.83. The van der Waals surface area contributed by atoms with Crippen molar-refractivity contribution in [3.05, 3.63) is 23.7 Å². The van der Waals surface area contributed by atoms with Gasteiger partial charge in [0.2, 0.25) is 5.89 Å². The van der Waals surface area contributed by atoms with Crippen molar-refractivity contribution in [1.29, 1.82) is 0 Å². The molecule has 1 fully saturated rings. The minimum atomic E-state index is -0.781. The number of hydrogen-bond acceptors (Lipinski definition) is 4. The van der Waals surface area contributed by atoms with Gasteiger partial charge in [-0.15, -0.1) is 0 Å². The number of nitrogens with zero attached hydrogens (tertiary/aromatic N) is 2. The van der Waals surface area contributed by atoms with E-state index >= 15 is 0 Å². The Morgan fingerprint density at radius 2 is 2.31 bits per heavy atom. The largest absolute Gasteiger partial charge is 0.481 e. The molecule has 3 rings (SSSR count). The number of carbonyl (C=O) groups is 1. The number of aromatic nitrogens is 2. The molecule has 2 aromatic rings. The van der Waals surface area contributed by atoms with E-state index in [-0.39, 0.29) is 11.8 Å². The summed E-state index contributed by atoms with van der Waals surface area (Å²) in [5.41, 5.74) is 2.06. The zero-order valence-corrected chi connectivity index (χ0v) is 8.67. The van der Waals surface area contributed by atoms with Crippen LogP contribution in [0.15, 0.2) is 16.5 Å². The Balaban J connectivity index is 1.98. The average Bonchev–Trinajstić information content (AvgIpc) is 2.93. The van der Waals surface area contributed by atoms with Crippen molar-refractivity contribution < 1.29 is 14.3 Å². The maximum absolute atomic E-state index is 10.7. The third kappa shape index (κ3) is 1.36. The Morgan fingerprint density at radius 3 is 3.00 bits per heavy atom. The van der Waals surface area contributed by atoms with Gasteiger partial charge in [0.15, 0.2) is 11.2 Å². The van der Waals surface area contributed by atoms with E-state index in [0.29, 0.717) is 23.5 Å². The van der Waals surface area contributed by atoms with E-state index in [1.165, 1.54) is 0 Å². The molecule has 0 saturated heterocycles. The standard InChI is InChI=1S/C11H10N2O3/c1-5-2-3-8-9(12-5)13-10(16-8)6-4-7(6)11(14)15/h2-3,6-7H,4H2,1H3,(H,14,15). The smallest absolute Gasteiger partial charge is 0.307 e. The maximum Gasteiger partial charge on any atom is 0.307 e. The Labute approximate surface area is 91.1 Å². The molecule has 2 atom stereocenters. The van der Waals surface area contributed by atoms with Gasteiger partial charge in [0, 0.05) is 11.6 Å². The van der Waals surface area contributed by atoms with Crippen LogP contribution < -0.4 is 0 Å². The molecule has 2 aromatic heterocycles. The minimum Gasteiger partial charge on any atom is -0.481 e. The lowest BCUT2D eigenvalue weighted by atomic mass is 10.3. The zero-order valence-electron chi connectivity index (χ0n) is 8.67. The molecule has 0 amide bonds. The van der Waals surface area contributed by atoms with Gasteiger partial charge in [0.05, 0.1) is 5.92 Å². The molecule has 0 bridgehead atoms. The predicted molar refractivity (Wildman–Crippen MR) is 55.0 cm³/mol. The van der Waals surface area contributed by atoms with Crippen LogP contribution in [0.2, 0.25) is 0 Å². The van der Waals surface area contributed by atoms with Crippen molar-refractivity contribution in [2.45, 2.75) is 19.3 Å². The molecule has 1 aliphatic carbocycles. The third-order valence-corrected chi connectivity index (χ3v) is 2.83. The summed E-state index contributed by atoms with van der Waals surface area (Å²) < 4.78 is 5.49. The van der Waals surface area contributed by atoms with Gasteiger partial charge < -0.3 is 9.52 Å². The molecule has 1 saturated carbocycles. The van der Waals surface area contributed by atoms with E-state index in [4.69, 9.17) is 9.52 Å². The number of pyridine rings is 1. The second-order valence-corrected chi connectivity index (χ2v) is 4.11. The average molecular weight is 218 g/mol. The molecular formula is C11H10N2O3. The number of carboxylic acid groups (broad SMARTS) is 1. The van der Waals surface area contributed by atoms with Crippen LogP contribution in [0, 0.1) is 12.8 Å². The molecule has 2 heterocycles. The number of rotatable bonds is 2. The van der Waals surface area contributed by atoms with Crippen LogP contribution in [0.4, 0.5) is 0 Å². The van der Waals surface area contributed by atoms with Crippen LogP contribution in [0.25, 0.3) is 11.2 Å². The summed E-state index contributed by atoms with van der Waals surface area (Å²) in [5, 5.41) is 8.82. The fraction of sp³-hybridized carbons (Fsp3) is 0.364. The summed E-state index contributed by atoms with van der Waals surface area (Å²) in [4.78, 5) is 19.2. The van der Waals surface area contributed by atoms with Gasteiger partial charge in [-0.1, -0.05) is 0 Å². The molecule has 0 spiro atoms. The molecule has 0 aromatic carbocycles. The molecule has 82 valence electrons. The SMILES string of the molecule is Cc1ccc2oc(C3CC3C(=O)O)nc2n1. The molecule has 1 N–H and O–H groups in total. The first kappa shape index (κ1) is 9.33. The molecule has 0 aliphatic heterocycles. The molecular weight excluding hydrogens is 208 g/mol. The van der Waals surface area contributed by atoms with Gasteiger partial charge in [0.1, 0.15) is 0 Å². The van der Waals surface area contributed by atoms with Crippen molar-refractivity contribution in [1.82, 2.24) is 9.97 Å². The highest BCUT2D eigenvalue weighted by Crippen LogP contribution is 2.47. The summed E-state index contributed by atoms with van der Waals surface area (Å²) >= 11 is 0. The van der Waals surface area contributed by atoms with E-state index in [9.17, 15) is 4.79 Å². The summed E-state index contributed by atoms with van der Waals surface area (Å²) in [6.07, 6.45) is 0.612. The highest BCUT2D eigenvalue weighted by Gasteiger charge is 2.47. The van der Waals surface area contributed by atoms with Crippen molar-refractivity contribution in [3.8, 4) is 0 Å². The number of aryl methyl sites for hydroxylation is 1. The van der Waals surface area contributed by atoms with E-state index in [0.717, 1.165) is 5.69 Å². The second-order valence-electron chi connectivity index (χ2n) is 4.11. The fourth-order valence-corrected chi connectivity index (χ4v) is 1.83. The number of fused-ring (bicyclic) bond motifs is 1. The predicted octanol–water partition coefficient (Wildman–Crippen LogP) is 1.72. The van der Waals surface area contributed by atoms with Crippen molar-refractivity contribution in [3.63, 3.8) is 0 Å². The van der Waals surface area contributed by atoms with E-state index in [1.54, 1.807) is 0 Å². The number of carboxylic acids is 1. The van der Waals surface area contributed by atoms with Crippen LogP contribution in [-0.2, 0) is 4.79 Å². The maximum atomic E-state index is 10.7. The highest BCUT2D eigenvalue weighted by molar-refractivity contribution is 5.75. The van der Waals surface area contributed by atoms with Crippen LogP contribution in [0.3, 0.4) is 0 Å². The number of hydrogen-bond donors (Lipinski definition) is 1. The summed E-state index contributed by atoms with van der Waals surface area (Å²) in [6.45, 7) is 1.88. The highest BCUT2D eigenvalue weighted by atomic mass is 16.4. The Bertz CT molecular complexity index is 576.